The van der Waals surface area contributed by atoms with Crippen LogP contribution >= 0.6 is 11.6 Å². The molecule has 1 atom stereocenters. The molecule has 1 aliphatic rings. The highest BCUT2D eigenvalue weighted by molar-refractivity contribution is 6.33. The van der Waals surface area contributed by atoms with Gasteiger partial charge in [0.25, 0.3) is 0 Å². The summed E-state index contributed by atoms with van der Waals surface area (Å²) in [7, 11) is 0. The van der Waals surface area contributed by atoms with E-state index in [0.29, 0.717) is 23.2 Å². The van der Waals surface area contributed by atoms with Crippen LogP contribution in [0.5, 0.6) is 0 Å². The van der Waals surface area contributed by atoms with Gasteiger partial charge in [-0.15, -0.1) is 0 Å². The van der Waals surface area contributed by atoms with Crippen LogP contribution in [0.15, 0.2) is 30.5 Å². The topological polar surface area (TPSA) is 59.8 Å². The van der Waals surface area contributed by atoms with Gasteiger partial charge in [-0.05, 0) is 30.2 Å². The molecule has 1 aromatic carbocycles. The molecule has 116 valence electrons. The van der Waals surface area contributed by atoms with Crippen molar-refractivity contribution in [2.75, 3.05) is 5.32 Å². The second-order valence-corrected chi connectivity index (χ2v) is 6.25. The molecule has 1 N–H and O–H groups in total. The fraction of sp³-hybridized carbons (Fsp3) is 0.235. The maximum absolute atomic E-state index is 10.6. The molecule has 0 bridgehead atoms. The number of hydrogen-bond donors (Lipinski definition) is 1. The number of anilines is 1. The van der Waals surface area contributed by atoms with Gasteiger partial charge in [0.1, 0.15) is 5.82 Å². The van der Waals surface area contributed by atoms with E-state index in [-0.39, 0.29) is 0 Å². The number of benzene rings is 1. The zero-order chi connectivity index (χ0) is 16.0. The Hall–Kier alpha value is -2.40. The average molecular weight is 327 g/mol. The highest BCUT2D eigenvalue weighted by atomic mass is 35.5. The lowest BCUT2D eigenvalue weighted by Crippen LogP contribution is -1.97. The van der Waals surface area contributed by atoms with Gasteiger partial charge in [-0.3, -0.25) is 9.48 Å². The molecule has 5 nitrogen and oxygen atoms in total. The van der Waals surface area contributed by atoms with Crippen molar-refractivity contribution >= 4 is 34.7 Å². The summed E-state index contributed by atoms with van der Waals surface area (Å²) in [6.07, 6.45) is 3.29. The van der Waals surface area contributed by atoms with Gasteiger partial charge in [-0.25, -0.2) is 4.98 Å². The van der Waals surface area contributed by atoms with Crippen LogP contribution in [0.4, 0.5) is 5.82 Å². The maximum atomic E-state index is 10.6. The fourth-order valence-corrected chi connectivity index (χ4v) is 3.47. The average Bonchev–Trinajstić information content (AvgIpc) is 3.09. The molecule has 3 heterocycles. The summed E-state index contributed by atoms with van der Waals surface area (Å²) in [5, 5.41) is 8.94. The number of pyridine rings is 1. The Morgan fingerprint density at radius 3 is 3.09 bits per heavy atom. The first-order valence-electron chi connectivity index (χ1n) is 7.54. The lowest BCUT2D eigenvalue weighted by molar-refractivity contribution is -0.105. The highest BCUT2D eigenvalue weighted by Crippen LogP contribution is 2.37. The molecule has 4 rings (SSSR count). The molecular weight excluding hydrogens is 312 g/mol. The van der Waals surface area contributed by atoms with E-state index < -0.39 is 0 Å². The van der Waals surface area contributed by atoms with E-state index in [1.807, 2.05) is 12.1 Å². The van der Waals surface area contributed by atoms with Crippen molar-refractivity contribution in [2.45, 2.75) is 25.8 Å². The van der Waals surface area contributed by atoms with E-state index in [2.05, 4.69) is 33.1 Å². The largest absolute Gasteiger partial charge is 0.313 e. The summed E-state index contributed by atoms with van der Waals surface area (Å²) in [6.45, 7) is 3.21. The van der Waals surface area contributed by atoms with Crippen molar-refractivity contribution in [3.63, 3.8) is 0 Å². The van der Waals surface area contributed by atoms with Crippen molar-refractivity contribution in [3.05, 3.63) is 41.2 Å². The lowest BCUT2D eigenvalue weighted by Gasteiger charge is -2.08. The number of nitrogens with one attached hydrogen (secondary N) is 1. The summed E-state index contributed by atoms with van der Waals surface area (Å²) in [5.41, 5.74) is 4.14. The molecule has 1 amide bonds. The number of carbonyl (C=O) groups excluding carboxylic acids is 1. The minimum Gasteiger partial charge on any atom is -0.313 e. The van der Waals surface area contributed by atoms with E-state index in [0.717, 1.165) is 29.6 Å². The summed E-state index contributed by atoms with van der Waals surface area (Å²) >= 11 is 6.30. The zero-order valence-corrected chi connectivity index (χ0v) is 13.3. The maximum Gasteiger partial charge on any atom is 0.212 e. The van der Waals surface area contributed by atoms with Crippen LogP contribution in [-0.2, 0) is 11.3 Å². The molecule has 3 aromatic rings. The second kappa shape index (κ2) is 5.35. The number of fused-ring (bicyclic) bond motifs is 3. The molecule has 1 aliphatic heterocycles. The molecule has 0 saturated heterocycles. The minimum atomic E-state index is 0.480. The van der Waals surface area contributed by atoms with Gasteiger partial charge in [-0.2, -0.15) is 5.10 Å². The first-order chi connectivity index (χ1) is 11.2. The van der Waals surface area contributed by atoms with Crippen molar-refractivity contribution in [1.82, 2.24) is 14.8 Å². The van der Waals surface area contributed by atoms with Crippen LogP contribution in [-0.4, -0.2) is 21.2 Å². The number of carbonyl (C=O) groups is 1. The first-order valence-corrected chi connectivity index (χ1v) is 7.91. The van der Waals surface area contributed by atoms with Crippen LogP contribution in [0, 0.1) is 0 Å². The van der Waals surface area contributed by atoms with Crippen LogP contribution in [0.25, 0.3) is 22.0 Å². The molecule has 23 heavy (non-hydrogen) atoms. The quantitative estimate of drug-likeness (QED) is 0.744. The Bertz CT molecular complexity index is 918. The van der Waals surface area contributed by atoms with Gasteiger partial charge in [0, 0.05) is 35.3 Å². The predicted molar refractivity (Wildman–Crippen MR) is 90.7 cm³/mol. The van der Waals surface area contributed by atoms with Gasteiger partial charge in [0.2, 0.25) is 6.41 Å². The zero-order valence-electron chi connectivity index (χ0n) is 12.6. The lowest BCUT2D eigenvalue weighted by atomic mass is 9.99. The number of hydrogen-bond acceptors (Lipinski definition) is 3. The van der Waals surface area contributed by atoms with Crippen LogP contribution in [0.3, 0.4) is 0 Å². The summed E-state index contributed by atoms with van der Waals surface area (Å²) in [4.78, 5) is 14.7. The molecule has 0 saturated carbocycles. The smallest absolute Gasteiger partial charge is 0.212 e. The van der Waals surface area contributed by atoms with Crippen molar-refractivity contribution < 1.29 is 4.79 Å². The number of nitrogens with zero attached hydrogens (tertiary/aromatic N) is 3. The van der Waals surface area contributed by atoms with Gasteiger partial charge >= 0.3 is 0 Å². The number of halogens is 1. The number of aryl methyl sites for hydroxylation is 1. The van der Waals surface area contributed by atoms with E-state index in [4.69, 9.17) is 11.6 Å². The third kappa shape index (κ3) is 2.28. The Kier molecular flexibility index (Phi) is 3.31. The molecule has 6 heteroatoms. The van der Waals surface area contributed by atoms with Gasteiger partial charge in [0.05, 0.1) is 10.5 Å². The van der Waals surface area contributed by atoms with Gasteiger partial charge < -0.3 is 5.32 Å². The van der Waals surface area contributed by atoms with E-state index in [9.17, 15) is 4.79 Å². The summed E-state index contributed by atoms with van der Waals surface area (Å²) in [5.74, 6) is 0.989. The first kappa shape index (κ1) is 14.2. The van der Waals surface area contributed by atoms with Crippen molar-refractivity contribution in [3.8, 4) is 11.1 Å². The van der Waals surface area contributed by atoms with Gasteiger partial charge in [0.15, 0.2) is 0 Å². The standard InChI is InChI=1S/C17H15ClN4O/c1-10-4-5-22-17(10)13-6-11(2-3-15(13)21-22)12-7-16(20-9-23)19-8-14(12)18/h2-3,6-10H,4-5H2,1H3,(H,19,20,23). The molecule has 0 aliphatic carbocycles. The minimum absolute atomic E-state index is 0.480. The van der Waals surface area contributed by atoms with Crippen LogP contribution < -0.4 is 5.32 Å². The second-order valence-electron chi connectivity index (χ2n) is 5.84. The third-order valence-corrected chi connectivity index (χ3v) is 4.69. The summed E-state index contributed by atoms with van der Waals surface area (Å²) in [6, 6.07) is 7.93. The SMILES string of the molecule is CC1CCn2nc3ccc(-c4cc(NC=O)ncc4Cl)cc3c21. The molecule has 0 radical (unpaired) electrons. The molecule has 0 fully saturated rings. The molecular formula is C17H15ClN4O. The van der Waals surface area contributed by atoms with Gasteiger partial charge in [-0.1, -0.05) is 24.6 Å². The Morgan fingerprint density at radius 1 is 1.39 bits per heavy atom. The normalized spacial score (nSPS) is 16.5. The molecule has 0 spiro atoms. The monoisotopic (exact) mass is 326 g/mol. The van der Waals surface area contributed by atoms with Crippen LogP contribution in [0.1, 0.15) is 25.0 Å². The van der Waals surface area contributed by atoms with E-state index in [1.54, 1.807) is 12.3 Å². The van der Waals surface area contributed by atoms with Crippen molar-refractivity contribution in [1.29, 1.82) is 0 Å². The Balaban J connectivity index is 1.88. The Morgan fingerprint density at radius 2 is 2.26 bits per heavy atom. The molecule has 2 aromatic heterocycles. The van der Waals surface area contributed by atoms with Crippen LogP contribution in [0.2, 0.25) is 5.02 Å². The van der Waals surface area contributed by atoms with E-state index >= 15 is 0 Å². The molecule has 1 unspecified atom stereocenters. The Labute approximate surface area is 138 Å². The van der Waals surface area contributed by atoms with E-state index in [1.165, 1.54) is 11.1 Å². The highest BCUT2D eigenvalue weighted by Gasteiger charge is 2.23. The fourth-order valence-electron chi connectivity index (χ4n) is 3.26. The predicted octanol–water partition coefficient (Wildman–Crippen LogP) is 3.83. The van der Waals surface area contributed by atoms with Crippen molar-refractivity contribution in [2.24, 2.45) is 0 Å². The number of rotatable bonds is 3. The number of aromatic nitrogens is 3. The number of amides is 1. The third-order valence-electron chi connectivity index (χ3n) is 4.39. The summed E-state index contributed by atoms with van der Waals surface area (Å²) < 4.78 is 2.10.